The monoisotopic (exact) mass is 266 g/mol. The molecule has 2 atom stereocenters. The molecule has 0 saturated carbocycles. The van der Waals surface area contributed by atoms with Gasteiger partial charge < -0.3 is 0 Å². The molecule has 0 saturated heterocycles. The average molecular weight is 266 g/mol. The van der Waals surface area contributed by atoms with Crippen LogP contribution in [0.1, 0.15) is 60.8 Å². The molecule has 2 rings (SSSR count). The fourth-order valence-corrected chi connectivity index (χ4v) is 3.20. The van der Waals surface area contributed by atoms with Crippen molar-refractivity contribution >= 4 is 0 Å². The normalized spacial score (nSPS) is 14.0. The molecule has 2 aromatic carbocycles. The van der Waals surface area contributed by atoms with Gasteiger partial charge in [0.2, 0.25) is 0 Å². The topological polar surface area (TPSA) is 0 Å². The molecular formula is C20H26. The molecule has 106 valence electrons. The maximum atomic E-state index is 2.38. The predicted octanol–water partition coefficient (Wildman–Crippen LogP) is 5.99. The van der Waals surface area contributed by atoms with Gasteiger partial charge in [-0.2, -0.15) is 0 Å². The van der Waals surface area contributed by atoms with Crippen molar-refractivity contribution in [1.82, 2.24) is 0 Å². The van der Waals surface area contributed by atoms with Gasteiger partial charge in [-0.05, 0) is 54.4 Å². The number of rotatable bonds is 5. The Morgan fingerprint density at radius 1 is 0.900 bits per heavy atom. The van der Waals surface area contributed by atoms with Crippen LogP contribution in [0.3, 0.4) is 0 Å². The van der Waals surface area contributed by atoms with Crippen LogP contribution in [0, 0.1) is 13.8 Å². The summed E-state index contributed by atoms with van der Waals surface area (Å²) in [6.45, 7) is 9.14. The predicted molar refractivity (Wildman–Crippen MR) is 88.4 cm³/mol. The second-order valence-corrected chi connectivity index (χ2v) is 5.88. The maximum Gasteiger partial charge on any atom is -0.00957 e. The molecule has 0 aliphatic carbocycles. The Kier molecular flexibility index (Phi) is 5.00. The van der Waals surface area contributed by atoms with Crippen LogP contribution in [0.15, 0.2) is 48.5 Å². The highest BCUT2D eigenvalue weighted by Crippen LogP contribution is 2.37. The first kappa shape index (κ1) is 14.8. The molecule has 0 aromatic heterocycles. The van der Waals surface area contributed by atoms with E-state index in [9.17, 15) is 0 Å². The summed E-state index contributed by atoms with van der Waals surface area (Å²) in [6, 6.07) is 17.7. The van der Waals surface area contributed by atoms with E-state index in [1.165, 1.54) is 35.1 Å². The minimum Gasteiger partial charge on any atom is -0.0654 e. The summed E-state index contributed by atoms with van der Waals surface area (Å²) in [6.07, 6.45) is 2.48. The van der Waals surface area contributed by atoms with Gasteiger partial charge in [0.1, 0.15) is 0 Å². The largest absolute Gasteiger partial charge is 0.0654 e. The second kappa shape index (κ2) is 6.74. The molecule has 0 fully saturated rings. The van der Waals surface area contributed by atoms with Crippen molar-refractivity contribution in [3.05, 3.63) is 70.8 Å². The Balaban J connectivity index is 2.36. The first-order chi connectivity index (χ1) is 9.65. The van der Waals surface area contributed by atoms with E-state index in [1.54, 1.807) is 0 Å². The van der Waals surface area contributed by atoms with Gasteiger partial charge in [0, 0.05) is 0 Å². The highest BCUT2D eigenvalue weighted by atomic mass is 14.3. The first-order valence-electron chi connectivity index (χ1n) is 7.76. The zero-order chi connectivity index (χ0) is 14.5. The number of benzene rings is 2. The van der Waals surface area contributed by atoms with Crippen molar-refractivity contribution in [3.8, 4) is 0 Å². The highest BCUT2D eigenvalue weighted by Gasteiger charge is 2.21. The van der Waals surface area contributed by atoms with E-state index in [-0.39, 0.29) is 0 Å². The molecule has 2 aromatic rings. The number of aryl methyl sites for hydroxylation is 1. The van der Waals surface area contributed by atoms with Gasteiger partial charge >= 0.3 is 0 Å². The van der Waals surface area contributed by atoms with Crippen LogP contribution < -0.4 is 0 Å². The van der Waals surface area contributed by atoms with E-state index in [2.05, 4.69) is 76.2 Å². The smallest absolute Gasteiger partial charge is 0.00957 e. The molecule has 0 spiro atoms. The van der Waals surface area contributed by atoms with Crippen LogP contribution >= 0.6 is 0 Å². The lowest BCUT2D eigenvalue weighted by Gasteiger charge is -2.26. The van der Waals surface area contributed by atoms with Crippen molar-refractivity contribution in [2.45, 2.75) is 52.4 Å². The van der Waals surface area contributed by atoms with Crippen molar-refractivity contribution in [1.29, 1.82) is 0 Å². The van der Waals surface area contributed by atoms with Gasteiger partial charge in [0.25, 0.3) is 0 Å². The Morgan fingerprint density at radius 2 is 1.60 bits per heavy atom. The van der Waals surface area contributed by atoms with Crippen LogP contribution in [0.5, 0.6) is 0 Å². The van der Waals surface area contributed by atoms with Crippen LogP contribution in [0.25, 0.3) is 0 Å². The SMILES string of the molecule is CCCC(c1ccccc1)C(C)c1cccc(C)c1C. The maximum absolute atomic E-state index is 2.38. The minimum atomic E-state index is 0.567. The van der Waals surface area contributed by atoms with Gasteiger partial charge in [-0.25, -0.2) is 0 Å². The van der Waals surface area contributed by atoms with E-state index in [0.29, 0.717) is 11.8 Å². The van der Waals surface area contributed by atoms with Crippen LogP contribution in [0.2, 0.25) is 0 Å². The van der Waals surface area contributed by atoms with Gasteiger partial charge in [-0.1, -0.05) is 68.8 Å². The Hall–Kier alpha value is -1.56. The zero-order valence-electron chi connectivity index (χ0n) is 13.2. The lowest BCUT2D eigenvalue weighted by Crippen LogP contribution is -2.10. The van der Waals surface area contributed by atoms with E-state index in [1.807, 2.05) is 0 Å². The van der Waals surface area contributed by atoms with Crippen molar-refractivity contribution in [2.24, 2.45) is 0 Å². The van der Waals surface area contributed by atoms with E-state index in [4.69, 9.17) is 0 Å². The van der Waals surface area contributed by atoms with E-state index >= 15 is 0 Å². The Bertz CT molecular complexity index is 539. The standard InChI is InChI=1S/C20H26/c1-5-10-20(18-12-7-6-8-13-18)17(4)19-14-9-11-15(2)16(19)3/h6-9,11-14,17,20H,5,10H2,1-4H3. The fraction of sp³-hybridized carbons (Fsp3) is 0.400. The average Bonchev–Trinajstić information content (AvgIpc) is 2.48. The van der Waals surface area contributed by atoms with Gasteiger partial charge in [0.15, 0.2) is 0 Å². The summed E-state index contributed by atoms with van der Waals surface area (Å²) in [5.74, 6) is 1.18. The van der Waals surface area contributed by atoms with E-state index < -0.39 is 0 Å². The molecule has 0 amide bonds. The van der Waals surface area contributed by atoms with Crippen LogP contribution in [-0.2, 0) is 0 Å². The third-order valence-electron chi connectivity index (χ3n) is 4.57. The third-order valence-corrected chi connectivity index (χ3v) is 4.57. The number of hydrogen-bond acceptors (Lipinski definition) is 0. The molecule has 0 aliphatic heterocycles. The lowest BCUT2D eigenvalue weighted by molar-refractivity contribution is 0.526. The van der Waals surface area contributed by atoms with Crippen molar-refractivity contribution < 1.29 is 0 Å². The fourth-order valence-electron chi connectivity index (χ4n) is 3.20. The second-order valence-electron chi connectivity index (χ2n) is 5.88. The molecule has 0 bridgehead atoms. The first-order valence-corrected chi connectivity index (χ1v) is 7.76. The molecule has 0 heterocycles. The van der Waals surface area contributed by atoms with E-state index in [0.717, 1.165) is 0 Å². The molecular weight excluding hydrogens is 240 g/mol. The lowest BCUT2D eigenvalue weighted by atomic mass is 9.78. The third kappa shape index (κ3) is 3.12. The molecule has 2 unspecified atom stereocenters. The Morgan fingerprint density at radius 3 is 2.25 bits per heavy atom. The summed E-state index contributed by atoms with van der Waals surface area (Å²) < 4.78 is 0. The Labute approximate surface area is 123 Å². The van der Waals surface area contributed by atoms with Gasteiger partial charge in [-0.3, -0.25) is 0 Å². The molecule has 20 heavy (non-hydrogen) atoms. The van der Waals surface area contributed by atoms with Gasteiger partial charge in [-0.15, -0.1) is 0 Å². The van der Waals surface area contributed by atoms with Crippen LogP contribution in [-0.4, -0.2) is 0 Å². The minimum absolute atomic E-state index is 0.567. The summed E-state index contributed by atoms with van der Waals surface area (Å²) in [7, 11) is 0. The number of hydrogen-bond donors (Lipinski definition) is 0. The molecule has 0 aliphatic rings. The molecule has 0 nitrogen and oxygen atoms in total. The van der Waals surface area contributed by atoms with Gasteiger partial charge in [0.05, 0.1) is 0 Å². The summed E-state index contributed by atoms with van der Waals surface area (Å²) in [5.41, 5.74) is 5.84. The summed E-state index contributed by atoms with van der Waals surface area (Å²) >= 11 is 0. The zero-order valence-corrected chi connectivity index (χ0v) is 13.2. The van der Waals surface area contributed by atoms with Crippen molar-refractivity contribution in [3.63, 3.8) is 0 Å². The molecule has 0 N–H and O–H groups in total. The van der Waals surface area contributed by atoms with Crippen molar-refractivity contribution in [2.75, 3.05) is 0 Å². The molecule has 0 heteroatoms. The molecule has 0 radical (unpaired) electrons. The van der Waals surface area contributed by atoms with Crippen LogP contribution in [0.4, 0.5) is 0 Å². The quantitative estimate of drug-likeness (QED) is 0.623. The summed E-state index contributed by atoms with van der Waals surface area (Å²) in [4.78, 5) is 0. The summed E-state index contributed by atoms with van der Waals surface area (Å²) in [5, 5.41) is 0. The highest BCUT2D eigenvalue weighted by molar-refractivity contribution is 5.38.